The predicted octanol–water partition coefficient (Wildman–Crippen LogP) is 1.75. The van der Waals surface area contributed by atoms with Gasteiger partial charge in [0.2, 0.25) is 11.8 Å². The van der Waals surface area contributed by atoms with Crippen LogP contribution in [0.15, 0.2) is 12.7 Å². The molecule has 3 fully saturated rings. The van der Waals surface area contributed by atoms with Crippen LogP contribution in [0.5, 0.6) is 0 Å². The van der Waals surface area contributed by atoms with Crippen LogP contribution in [-0.2, 0) is 23.9 Å². The molecule has 6 atom stereocenters. The summed E-state index contributed by atoms with van der Waals surface area (Å²) in [6.07, 6.45) is 2.33. The molecule has 0 radical (unpaired) electrons. The minimum Gasteiger partial charge on any atom is -0.466 e. The number of nitrogens with zero attached hydrogens (tertiary/aromatic N) is 2. The Morgan fingerprint density at radius 2 is 2.06 bits per heavy atom. The molecule has 2 bridgehead atoms. The van der Waals surface area contributed by atoms with E-state index in [9.17, 15) is 19.5 Å². The highest BCUT2D eigenvalue weighted by Gasteiger charge is 2.75. The molecule has 0 aromatic rings. The molecular formula is C24H38N2O6. The fourth-order valence-corrected chi connectivity index (χ4v) is 5.83. The summed E-state index contributed by atoms with van der Waals surface area (Å²) in [7, 11) is 0. The Hall–Kier alpha value is -1.93. The van der Waals surface area contributed by atoms with Crippen molar-refractivity contribution in [2.24, 2.45) is 17.8 Å². The van der Waals surface area contributed by atoms with E-state index in [2.05, 4.69) is 6.58 Å². The van der Waals surface area contributed by atoms with Gasteiger partial charge < -0.3 is 24.4 Å². The first-order valence-corrected chi connectivity index (χ1v) is 11.7. The second-order valence-electron chi connectivity index (χ2n) is 10.5. The molecule has 1 N–H and O–H groups in total. The van der Waals surface area contributed by atoms with Crippen molar-refractivity contribution in [1.29, 1.82) is 0 Å². The summed E-state index contributed by atoms with van der Waals surface area (Å²) in [6, 6.07) is -1.48. The molecule has 2 amide bonds. The highest BCUT2D eigenvalue weighted by Crippen LogP contribution is 2.59. The summed E-state index contributed by atoms with van der Waals surface area (Å²) in [5, 5.41) is 10.2. The van der Waals surface area contributed by atoms with E-state index in [1.54, 1.807) is 17.9 Å². The van der Waals surface area contributed by atoms with Crippen molar-refractivity contribution in [1.82, 2.24) is 9.80 Å². The zero-order valence-electron chi connectivity index (χ0n) is 20.2. The largest absolute Gasteiger partial charge is 0.466 e. The number of hydrogen-bond acceptors (Lipinski definition) is 6. The Morgan fingerprint density at radius 3 is 2.56 bits per heavy atom. The zero-order valence-corrected chi connectivity index (χ0v) is 20.2. The molecule has 3 saturated heterocycles. The van der Waals surface area contributed by atoms with Gasteiger partial charge >= 0.3 is 5.97 Å². The summed E-state index contributed by atoms with van der Waals surface area (Å²) in [5.74, 6) is -2.59. The number of esters is 1. The fourth-order valence-electron chi connectivity index (χ4n) is 5.83. The maximum atomic E-state index is 14.1. The molecule has 0 aliphatic carbocycles. The topological polar surface area (TPSA) is 96.4 Å². The molecule has 3 aliphatic rings. The minimum absolute atomic E-state index is 0.0878. The maximum absolute atomic E-state index is 14.1. The lowest BCUT2D eigenvalue weighted by molar-refractivity contribution is -0.158. The van der Waals surface area contributed by atoms with Crippen LogP contribution < -0.4 is 0 Å². The van der Waals surface area contributed by atoms with Crippen LogP contribution in [0.4, 0.5) is 0 Å². The van der Waals surface area contributed by atoms with Crippen molar-refractivity contribution in [3.8, 4) is 0 Å². The summed E-state index contributed by atoms with van der Waals surface area (Å²) in [4.78, 5) is 44.1. The van der Waals surface area contributed by atoms with Gasteiger partial charge in [-0.3, -0.25) is 14.4 Å². The number of aliphatic hydroxyl groups is 1. The molecule has 8 heteroatoms. The van der Waals surface area contributed by atoms with Gasteiger partial charge in [-0.25, -0.2) is 0 Å². The van der Waals surface area contributed by atoms with Crippen molar-refractivity contribution >= 4 is 17.8 Å². The second-order valence-corrected chi connectivity index (χ2v) is 10.5. The number of carbonyl (C=O) groups is 3. The highest BCUT2D eigenvalue weighted by atomic mass is 16.6. The van der Waals surface area contributed by atoms with Crippen LogP contribution >= 0.6 is 0 Å². The molecule has 0 aromatic carbocycles. The molecule has 3 rings (SSSR count). The van der Waals surface area contributed by atoms with Gasteiger partial charge in [0.15, 0.2) is 0 Å². The first-order chi connectivity index (χ1) is 15.0. The maximum Gasteiger partial charge on any atom is 0.312 e. The summed E-state index contributed by atoms with van der Waals surface area (Å²) < 4.78 is 11.7. The van der Waals surface area contributed by atoms with Crippen LogP contribution in [-0.4, -0.2) is 81.8 Å². The number of rotatable bonds is 8. The van der Waals surface area contributed by atoms with Gasteiger partial charge in [-0.2, -0.15) is 0 Å². The predicted molar refractivity (Wildman–Crippen MR) is 118 cm³/mol. The second kappa shape index (κ2) is 8.78. The van der Waals surface area contributed by atoms with Gasteiger partial charge in [0.1, 0.15) is 11.6 Å². The van der Waals surface area contributed by atoms with Crippen molar-refractivity contribution in [3.63, 3.8) is 0 Å². The van der Waals surface area contributed by atoms with Crippen LogP contribution in [0.1, 0.15) is 54.4 Å². The average molecular weight is 451 g/mol. The monoisotopic (exact) mass is 450 g/mol. The van der Waals surface area contributed by atoms with Gasteiger partial charge in [-0.05, 0) is 46.5 Å². The van der Waals surface area contributed by atoms with E-state index >= 15 is 0 Å². The van der Waals surface area contributed by atoms with Gasteiger partial charge in [0, 0.05) is 12.1 Å². The summed E-state index contributed by atoms with van der Waals surface area (Å²) >= 11 is 0. The van der Waals surface area contributed by atoms with Gasteiger partial charge in [-0.15, -0.1) is 6.58 Å². The van der Waals surface area contributed by atoms with E-state index in [1.807, 2.05) is 34.6 Å². The van der Waals surface area contributed by atoms with E-state index in [4.69, 9.17) is 9.47 Å². The summed E-state index contributed by atoms with van der Waals surface area (Å²) in [5.41, 5.74) is -1.61. The van der Waals surface area contributed by atoms with Gasteiger partial charge in [0.25, 0.3) is 0 Å². The van der Waals surface area contributed by atoms with E-state index < -0.39 is 47.1 Å². The van der Waals surface area contributed by atoms with Crippen LogP contribution in [0.3, 0.4) is 0 Å². The smallest absolute Gasteiger partial charge is 0.312 e. The molecule has 8 nitrogen and oxygen atoms in total. The molecule has 3 aliphatic heterocycles. The first kappa shape index (κ1) is 24.7. The Bertz CT molecular complexity index is 775. The van der Waals surface area contributed by atoms with E-state index in [-0.39, 0.29) is 30.9 Å². The van der Waals surface area contributed by atoms with E-state index in [0.717, 1.165) is 0 Å². The number of carbonyl (C=O) groups excluding carboxylic acids is 3. The molecule has 0 saturated carbocycles. The first-order valence-electron chi connectivity index (χ1n) is 11.7. The summed E-state index contributed by atoms with van der Waals surface area (Å²) in [6.45, 7) is 15.4. The van der Waals surface area contributed by atoms with Gasteiger partial charge in [0.05, 0.1) is 37.2 Å². The highest BCUT2D eigenvalue weighted by molar-refractivity contribution is 5.98. The van der Waals surface area contributed by atoms with Crippen molar-refractivity contribution in [3.05, 3.63) is 12.7 Å². The lowest BCUT2D eigenvalue weighted by atomic mass is 9.70. The fraction of sp³-hybridized carbons (Fsp3) is 0.792. The molecule has 0 aromatic heterocycles. The average Bonchev–Trinajstić information content (AvgIpc) is 3.33. The normalized spacial score (nSPS) is 32.2. The molecule has 1 spiro atoms. The Kier molecular flexibility index (Phi) is 6.78. The lowest BCUT2D eigenvalue weighted by Crippen LogP contribution is -2.62. The Balaban J connectivity index is 2.14. The van der Waals surface area contributed by atoms with Crippen LogP contribution in [0.25, 0.3) is 0 Å². The molecular weight excluding hydrogens is 412 g/mol. The lowest BCUT2D eigenvalue weighted by Gasteiger charge is -2.44. The number of likely N-dealkylation sites (tertiary alicyclic amines) is 1. The number of fused-ring (bicyclic) bond motifs is 1. The van der Waals surface area contributed by atoms with Crippen LogP contribution in [0.2, 0.25) is 0 Å². The third-order valence-electron chi connectivity index (χ3n) is 7.23. The third-order valence-corrected chi connectivity index (χ3v) is 7.23. The molecule has 0 unspecified atom stereocenters. The number of amides is 2. The Morgan fingerprint density at radius 1 is 1.41 bits per heavy atom. The van der Waals surface area contributed by atoms with Crippen molar-refractivity contribution in [2.45, 2.75) is 83.7 Å². The molecule has 32 heavy (non-hydrogen) atoms. The Labute approximate surface area is 190 Å². The van der Waals surface area contributed by atoms with Crippen LogP contribution in [0, 0.1) is 17.8 Å². The van der Waals surface area contributed by atoms with Gasteiger partial charge in [-0.1, -0.05) is 19.9 Å². The third kappa shape index (κ3) is 3.65. The van der Waals surface area contributed by atoms with Crippen molar-refractivity contribution in [2.75, 3.05) is 19.8 Å². The molecule has 180 valence electrons. The quantitative estimate of drug-likeness (QED) is 0.447. The van der Waals surface area contributed by atoms with E-state index in [0.29, 0.717) is 19.4 Å². The molecule has 3 heterocycles. The number of hydrogen-bond donors (Lipinski definition) is 1. The van der Waals surface area contributed by atoms with Crippen molar-refractivity contribution < 1.29 is 29.0 Å². The number of ether oxygens (including phenoxy) is 2. The SMILES string of the molecule is C=CCN(C(=O)[C@H]1N([C@@H](CO)C(C)C)C(=O)[C@@H]2[C@@H](C(=O)OCC)[C@H]3CC[C@]21O3)C(C)(C)C. The minimum atomic E-state index is -1.09. The zero-order chi connectivity index (χ0) is 24.0. The standard InChI is InChI=1S/C24H38N2O6/c1-8-12-25(23(5,6)7)21(29)19-24-11-10-16(32-24)17(22(30)31-9-2)18(24)20(28)26(19)15(13-27)14(3)4/h8,14-19,27H,1,9-13H2,2-7H3/t15-,16+,17-,18-,19+,24-/m0/s1. The van der Waals surface area contributed by atoms with E-state index in [1.165, 1.54) is 4.90 Å². The number of aliphatic hydroxyl groups excluding tert-OH is 1.